The summed E-state index contributed by atoms with van der Waals surface area (Å²) < 4.78 is 29.0. The fraction of sp³-hybridized carbons (Fsp3) is 0.375. The standard InChI is InChI=1S/C16H19F2N2OS2/c1-4-22-16-20(8-7-19(2)3)15(21)14(23-16)10-11-5-6-12(17)13(18)9-11/h5-6,9-10H,4,7-8H2,1-3H3/q+1/b14-10-. The lowest BCUT2D eigenvalue weighted by atomic mass is 10.2. The summed E-state index contributed by atoms with van der Waals surface area (Å²) in [5, 5.41) is 0. The molecule has 0 N–H and O–H groups in total. The Bertz CT molecular complexity index is 672. The van der Waals surface area contributed by atoms with Crippen molar-refractivity contribution in [1.29, 1.82) is 0 Å². The maximum absolute atomic E-state index is 13.3. The van der Waals surface area contributed by atoms with E-state index in [1.54, 1.807) is 22.4 Å². The van der Waals surface area contributed by atoms with E-state index in [4.69, 9.17) is 0 Å². The molecule has 0 atom stereocenters. The van der Waals surface area contributed by atoms with E-state index in [-0.39, 0.29) is 5.91 Å². The normalized spacial score (nSPS) is 17.0. The number of thioether (sulfide) groups is 2. The summed E-state index contributed by atoms with van der Waals surface area (Å²) in [4.78, 5) is 15.1. The van der Waals surface area contributed by atoms with E-state index < -0.39 is 11.6 Å². The molecule has 1 aliphatic rings. The molecule has 1 aliphatic heterocycles. The van der Waals surface area contributed by atoms with Crippen LogP contribution in [0.4, 0.5) is 8.78 Å². The minimum Gasteiger partial charge on any atom is -0.303 e. The van der Waals surface area contributed by atoms with Crippen molar-refractivity contribution in [2.24, 2.45) is 0 Å². The first-order valence-corrected chi connectivity index (χ1v) is 9.03. The summed E-state index contributed by atoms with van der Waals surface area (Å²) in [6.07, 6.45) is 1.61. The highest BCUT2D eigenvalue weighted by atomic mass is 32.2. The molecule has 0 saturated carbocycles. The van der Waals surface area contributed by atoms with E-state index in [1.165, 1.54) is 17.8 Å². The van der Waals surface area contributed by atoms with E-state index in [9.17, 15) is 13.6 Å². The van der Waals surface area contributed by atoms with E-state index in [0.29, 0.717) is 17.0 Å². The Hall–Kier alpha value is -1.18. The summed E-state index contributed by atoms with van der Waals surface area (Å²) in [6.45, 7) is 3.40. The molecule has 0 bridgehead atoms. The fourth-order valence-corrected chi connectivity index (χ4v) is 4.28. The van der Waals surface area contributed by atoms with Crippen LogP contribution < -0.4 is 0 Å². The second-order valence-electron chi connectivity index (χ2n) is 5.24. The van der Waals surface area contributed by atoms with Gasteiger partial charge in [-0.2, -0.15) is 0 Å². The van der Waals surface area contributed by atoms with Crippen LogP contribution in [0, 0.1) is 11.6 Å². The summed E-state index contributed by atoms with van der Waals surface area (Å²) >= 11 is 3.00. The highest BCUT2D eigenvalue weighted by Gasteiger charge is 2.37. The first-order valence-electron chi connectivity index (χ1n) is 7.23. The molecule has 1 amide bonds. The molecule has 1 heterocycles. The van der Waals surface area contributed by atoms with Crippen LogP contribution in [0.25, 0.3) is 6.08 Å². The molecule has 0 saturated heterocycles. The summed E-state index contributed by atoms with van der Waals surface area (Å²) in [5.41, 5.74) is 0.482. The molecule has 0 unspecified atom stereocenters. The SMILES string of the molecule is CCSC1=[N+](CCN(C)C)C(=O)/C(=C/c2ccc(F)c(F)c2)S1. The molecule has 124 valence electrons. The zero-order valence-electron chi connectivity index (χ0n) is 13.3. The van der Waals surface area contributed by atoms with E-state index in [1.807, 2.05) is 25.9 Å². The van der Waals surface area contributed by atoms with Gasteiger partial charge in [0.2, 0.25) is 0 Å². The molecule has 0 spiro atoms. The van der Waals surface area contributed by atoms with Gasteiger partial charge in [-0.3, -0.25) is 0 Å². The quantitative estimate of drug-likeness (QED) is 0.596. The van der Waals surface area contributed by atoms with Crippen molar-refractivity contribution in [3.8, 4) is 0 Å². The van der Waals surface area contributed by atoms with Crippen LogP contribution in [0.3, 0.4) is 0 Å². The lowest BCUT2D eigenvalue weighted by Crippen LogP contribution is -2.28. The minimum absolute atomic E-state index is 0.0856. The zero-order chi connectivity index (χ0) is 17.0. The lowest BCUT2D eigenvalue weighted by molar-refractivity contribution is -0.437. The van der Waals surface area contributed by atoms with Gasteiger partial charge in [-0.05, 0) is 61.4 Å². The molecule has 1 aromatic rings. The fourth-order valence-electron chi connectivity index (χ4n) is 1.98. The summed E-state index contributed by atoms with van der Waals surface area (Å²) in [7, 11) is 3.91. The first-order chi connectivity index (χ1) is 10.9. The third-order valence-corrected chi connectivity index (χ3v) is 5.42. The van der Waals surface area contributed by atoms with Gasteiger partial charge >= 0.3 is 5.91 Å². The van der Waals surface area contributed by atoms with Crippen LogP contribution in [0.5, 0.6) is 0 Å². The van der Waals surface area contributed by atoms with Crippen LogP contribution in [-0.2, 0) is 4.79 Å². The van der Waals surface area contributed by atoms with E-state index >= 15 is 0 Å². The maximum Gasteiger partial charge on any atom is 0.427 e. The average Bonchev–Trinajstić information content (AvgIpc) is 2.77. The first kappa shape index (κ1) is 18.2. The molecule has 0 aromatic heterocycles. The number of carbonyl (C=O) groups is 1. The molecule has 2 rings (SSSR count). The van der Waals surface area contributed by atoms with Crippen LogP contribution >= 0.6 is 23.5 Å². The Morgan fingerprint density at radius 3 is 2.65 bits per heavy atom. The molecular formula is C16H19F2N2OS2+. The van der Waals surface area contributed by atoms with Gasteiger partial charge in [0.25, 0.3) is 4.38 Å². The number of halogens is 2. The van der Waals surface area contributed by atoms with Crippen molar-refractivity contribution < 1.29 is 18.2 Å². The maximum atomic E-state index is 13.3. The Kier molecular flexibility index (Phi) is 6.38. The van der Waals surface area contributed by atoms with Gasteiger partial charge in [-0.25, -0.2) is 13.6 Å². The predicted molar refractivity (Wildman–Crippen MR) is 93.8 cm³/mol. The molecule has 3 nitrogen and oxygen atoms in total. The van der Waals surface area contributed by atoms with Gasteiger partial charge in [0.15, 0.2) is 18.2 Å². The van der Waals surface area contributed by atoms with Gasteiger partial charge in [-0.1, -0.05) is 13.0 Å². The molecule has 1 aromatic carbocycles. The highest BCUT2D eigenvalue weighted by molar-refractivity contribution is 8.40. The molecule has 7 heteroatoms. The number of benzene rings is 1. The van der Waals surface area contributed by atoms with E-state index in [2.05, 4.69) is 0 Å². The van der Waals surface area contributed by atoms with Crippen LogP contribution in [-0.4, -0.2) is 52.7 Å². The van der Waals surface area contributed by atoms with Gasteiger partial charge in [0.05, 0.1) is 6.54 Å². The van der Waals surface area contributed by atoms with Crippen molar-refractivity contribution >= 4 is 39.9 Å². The molecule has 0 fully saturated rings. The topological polar surface area (TPSA) is 23.3 Å². The lowest BCUT2D eigenvalue weighted by Gasteiger charge is -2.06. The molecule has 23 heavy (non-hydrogen) atoms. The number of rotatable bonds is 5. The molecule has 0 aliphatic carbocycles. The Balaban J connectivity index is 2.24. The Labute approximate surface area is 143 Å². The Morgan fingerprint density at radius 1 is 1.30 bits per heavy atom. The number of carbonyl (C=O) groups excluding carboxylic acids is 1. The number of likely N-dealkylation sites (N-methyl/N-ethyl adjacent to an activating group) is 1. The number of hydrogen-bond acceptors (Lipinski definition) is 4. The third-order valence-electron chi connectivity index (χ3n) is 3.15. The van der Waals surface area contributed by atoms with Gasteiger partial charge < -0.3 is 4.90 Å². The van der Waals surface area contributed by atoms with E-state index in [0.717, 1.165) is 28.8 Å². The van der Waals surface area contributed by atoms with Crippen molar-refractivity contribution in [3.05, 3.63) is 40.3 Å². The number of amides is 1. The minimum atomic E-state index is -0.911. The third kappa shape index (κ3) is 4.65. The number of hydrogen-bond donors (Lipinski definition) is 0. The second-order valence-corrected chi connectivity index (χ2v) is 7.78. The molecular weight excluding hydrogens is 338 g/mol. The van der Waals surface area contributed by atoms with Gasteiger partial charge in [0.1, 0.15) is 4.91 Å². The van der Waals surface area contributed by atoms with Gasteiger partial charge in [-0.15, -0.1) is 4.58 Å². The summed E-state index contributed by atoms with van der Waals surface area (Å²) in [6, 6.07) is 3.64. The summed E-state index contributed by atoms with van der Waals surface area (Å²) in [5.74, 6) is -1.02. The van der Waals surface area contributed by atoms with Gasteiger partial charge in [0, 0.05) is 5.75 Å². The second kappa shape index (κ2) is 8.08. The van der Waals surface area contributed by atoms with Crippen molar-refractivity contribution in [2.75, 3.05) is 32.9 Å². The zero-order valence-corrected chi connectivity index (χ0v) is 14.9. The van der Waals surface area contributed by atoms with Crippen molar-refractivity contribution in [2.45, 2.75) is 6.92 Å². The van der Waals surface area contributed by atoms with Crippen molar-refractivity contribution in [1.82, 2.24) is 4.90 Å². The van der Waals surface area contributed by atoms with Crippen molar-refractivity contribution in [3.63, 3.8) is 0 Å². The van der Waals surface area contributed by atoms with Crippen LogP contribution in [0.2, 0.25) is 0 Å². The molecule has 0 radical (unpaired) electrons. The Morgan fingerprint density at radius 2 is 2.04 bits per heavy atom. The average molecular weight is 357 g/mol. The smallest absolute Gasteiger partial charge is 0.303 e. The van der Waals surface area contributed by atoms with Crippen LogP contribution in [0.1, 0.15) is 12.5 Å². The predicted octanol–water partition coefficient (Wildman–Crippen LogP) is 3.26. The number of nitrogens with zero attached hydrogens (tertiary/aromatic N) is 2. The largest absolute Gasteiger partial charge is 0.427 e. The highest BCUT2D eigenvalue weighted by Crippen LogP contribution is 2.33. The monoisotopic (exact) mass is 357 g/mol. The van der Waals surface area contributed by atoms with Crippen LogP contribution in [0.15, 0.2) is 23.1 Å².